The number of hydrazine groups is 1. The summed E-state index contributed by atoms with van der Waals surface area (Å²) >= 11 is 1.89. The van der Waals surface area contributed by atoms with Gasteiger partial charge in [-0.1, -0.05) is 37.7 Å². The van der Waals surface area contributed by atoms with Gasteiger partial charge in [0, 0.05) is 25.4 Å². The maximum atomic E-state index is 11.7. The Morgan fingerprint density at radius 3 is 2.76 bits per heavy atom. The molecular formula is C27H39N3O2S. The number of carbonyl (C=O) groups excluding carboxylic acids is 1. The number of nitrogens with zero attached hydrogens (tertiary/aromatic N) is 2. The molecule has 1 saturated heterocycles. The number of carbonyl (C=O) groups is 1. The number of anilines is 1. The Labute approximate surface area is 202 Å². The third kappa shape index (κ3) is 3.50. The zero-order chi connectivity index (χ0) is 22.8. The lowest BCUT2D eigenvalue weighted by Gasteiger charge is -2.56. The van der Waals surface area contributed by atoms with Crippen LogP contribution in [-0.4, -0.2) is 35.2 Å². The van der Waals surface area contributed by atoms with Crippen LogP contribution in [0.1, 0.15) is 89.1 Å². The minimum absolute atomic E-state index is 0.110. The van der Waals surface area contributed by atoms with E-state index >= 15 is 0 Å². The van der Waals surface area contributed by atoms with E-state index in [4.69, 9.17) is 9.72 Å². The molecule has 5 nitrogen and oxygen atoms in total. The molecule has 2 saturated carbocycles. The molecule has 0 unspecified atom stereocenters. The largest absolute Gasteiger partial charge is 0.462 e. The predicted molar refractivity (Wildman–Crippen MR) is 133 cm³/mol. The van der Waals surface area contributed by atoms with Crippen LogP contribution in [-0.2, 0) is 16.0 Å². The van der Waals surface area contributed by atoms with E-state index in [2.05, 4.69) is 30.4 Å². The van der Waals surface area contributed by atoms with E-state index in [-0.39, 0.29) is 22.9 Å². The predicted octanol–water partition coefficient (Wildman–Crippen LogP) is 6.07. The molecule has 6 rings (SSSR count). The molecule has 6 atom stereocenters. The molecule has 2 heterocycles. The van der Waals surface area contributed by atoms with E-state index in [0.29, 0.717) is 5.92 Å². The van der Waals surface area contributed by atoms with Crippen molar-refractivity contribution < 1.29 is 9.53 Å². The van der Waals surface area contributed by atoms with Crippen molar-refractivity contribution in [1.29, 1.82) is 0 Å². The van der Waals surface area contributed by atoms with E-state index in [1.165, 1.54) is 61.9 Å². The van der Waals surface area contributed by atoms with Crippen molar-refractivity contribution in [2.75, 3.05) is 18.5 Å². The summed E-state index contributed by atoms with van der Waals surface area (Å²) in [5.74, 6) is 2.02. The molecule has 1 aliphatic heterocycles. The zero-order valence-corrected chi connectivity index (χ0v) is 21.3. The highest BCUT2D eigenvalue weighted by atomic mass is 32.1. The smallest absolute Gasteiger partial charge is 0.302 e. The van der Waals surface area contributed by atoms with Gasteiger partial charge in [-0.05, 0) is 86.5 Å². The van der Waals surface area contributed by atoms with Crippen LogP contribution < -0.4 is 5.43 Å². The Hall–Kier alpha value is -1.40. The number of nitrogens with one attached hydrogen (secondary N) is 1. The number of hydrogen-bond donors (Lipinski definition) is 1. The normalized spacial score (nSPS) is 40.2. The third-order valence-corrected chi connectivity index (χ3v) is 11.2. The summed E-state index contributed by atoms with van der Waals surface area (Å²) in [5.41, 5.74) is 6.95. The number of rotatable bonds is 3. The lowest BCUT2D eigenvalue weighted by Crippen LogP contribution is -2.50. The van der Waals surface area contributed by atoms with Gasteiger partial charge in [0.1, 0.15) is 6.10 Å². The zero-order valence-electron chi connectivity index (χ0n) is 20.5. The Balaban J connectivity index is 1.26. The van der Waals surface area contributed by atoms with Crippen molar-refractivity contribution in [3.8, 4) is 0 Å². The van der Waals surface area contributed by atoms with Crippen LogP contribution >= 0.6 is 11.3 Å². The van der Waals surface area contributed by atoms with E-state index in [1.807, 2.05) is 11.3 Å². The minimum Gasteiger partial charge on any atom is -0.462 e. The molecule has 0 bridgehead atoms. The molecule has 1 aromatic heterocycles. The van der Waals surface area contributed by atoms with Gasteiger partial charge in [0.25, 0.3) is 0 Å². The topological polar surface area (TPSA) is 54.5 Å². The maximum Gasteiger partial charge on any atom is 0.302 e. The monoisotopic (exact) mass is 469 g/mol. The molecule has 0 amide bonds. The number of allylic oxidation sites excluding steroid dienone is 2. The van der Waals surface area contributed by atoms with Gasteiger partial charge in [-0.25, -0.2) is 9.99 Å². The highest BCUT2D eigenvalue weighted by Crippen LogP contribution is 2.66. The first-order chi connectivity index (χ1) is 15.9. The molecule has 180 valence electrons. The van der Waals surface area contributed by atoms with Crippen molar-refractivity contribution >= 4 is 28.0 Å². The Kier molecular flexibility index (Phi) is 5.41. The first kappa shape index (κ1) is 22.1. The summed E-state index contributed by atoms with van der Waals surface area (Å²) in [6.45, 7) is 8.79. The number of piperidine rings is 1. The summed E-state index contributed by atoms with van der Waals surface area (Å²) in [5, 5.41) is 3.45. The fourth-order valence-corrected chi connectivity index (χ4v) is 9.63. The van der Waals surface area contributed by atoms with Crippen molar-refractivity contribution in [3.63, 3.8) is 0 Å². The molecule has 0 aromatic carbocycles. The van der Waals surface area contributed by atoms with Crippen LogP contribution in [0.5, 0.6) is 0 Å². The van der Waals surface area contributed by atoms with Gasteiger partial charge in [0.2, 0.25) is 0 Å². The van der Waals surface area contributed by atoms with Crippen molar-refractivity contribution in [2.45, 2.75) is 91.1 Å². The molecule has 0 radical (unpaired) electrons. The Morgan fingerprint density at radius 2 is 1.97 bits per heavy atom. The average Bonchev–Trinajstić information content (AvgIpc) is 3.34. The van der Waals surface area contributed by atoms with Crippen LogP contribution in [0.15, 0.2) is 6.08 Å². The van der Waals surface area contributed by atoms with Crippen LogP contribution in [0.2, 0.25) is 0 Å². The van der Waals surface area contributed by atoms with Gasteiger partial charge >= 0.3 is 5.97 Å². The standard InChI is InChI=1S/C27H39N3O2S/c1-17(31)32-23-10-9-19-18-7-8-21-24-22(28-25(33-24)29-30-15-5-4-6-16-30)12-14-26(21,2)20(18)11-13-27(19,23)3/h8,18-20,23H,4-7,9-16H2,1-3H3,(H,28,29)/t18-,19-,20-,23-,26+,27-/m0/s1. The fourth-order valence-electron chi connectivity index (χ4n) is 8.41. The molecule has 3 fully saturated rings. The molecule has 5 aliphatic rings. The first-order valence-corrected chi connectivity index (χ1v) is 14.1. The number of thiazole rings is 1. The average molecular weight is 470 g/mol. The third-order valence-electron chi connectivity index (χ3n) is 10.1. The van der Waals surface area contributed by atoms with Gasteiger partial charge < -0.3 is 4.74 Å². The number of hydrogen-bond acceptors (Lipinski definition) is 6. The summed E-state index contributed by atoms with van der Waals surface area (Å²) < 4.78 is 5.83. The minimum atomic E-state index is -0.110. The van der Waals surface area contributed by atoms with E-state index in [9.17, 15) is 4.79 Å². The SMILES string of the molecule is CC(=O)O[C@H]1CC[C@H]2[C@@H]3CC=C4c5sc(NN6CCCCC6)nc5CC[C@]4(C)[C@H]3CC[C@]12C. The van der Waals surface area contributed by atoms with Crippen LogP contribution in [0.25, 0.3) is 5.57 Å². The second-order valence-electron chi connectivity index (χ2n) is 11.8. The Morgan fingerprint density at radius 1 is 1.15 bits per heavy atom. The fraction of sp³-hybridized carbons (Fsp3) is 0.778. The van der Waals surface area contributed by atoms with Crippen molar-refractivity contribution in [2.24, 2.45) is 28.6 Å². The van der Waals surface area contributed by atoms with Crippen LogP contribution in [0.3, 0.4) is 0 Å². The van der Waals surface area contributed by atoms with Crippen LogP contribution in [0.4, 0.5) is 5.13 Å². The van der Waals surface area contributed by atoms with Crippen molar-refractivity contribution in [3.05, 3.63) is 16.6 Å². The summed E-state index contributed by atoms with van der Waals surface area (Å²) in [4.78, 5) is 18.2. The number of aryl methyl sites for hydroxylation is 1. The maximum absolute atomic E-state index is 11.7. The van der Waals surface area contributed by atoms with Gasteiger partial charge in [-0.15, -0.1) is 0 Å². The highest BCUT2D eigenvalue weighted by molar-refractivity contribution is 7.16. The molecule has 1 aromatic rings. The van der Waals surface area contributed by atoms with E-state index < -0.39 is 0 Å². The lowest BCUT2D eigenvalue weighted by molar-refractivity contribution is -0.156. The highest BCUT2D eigenvalue weighted by Gasteiger charge is 2.59. The second-order valence-corrected chi connectivity index (χ2v) is 12.8. The van der Waals surface area contributed by atoms with Crippen LogP contribution in [0, 0.1) is 28.6 Å². The number of esters is 1. The van der Waals surface area contributed by atoms with Gasteiger partial charge in [-0.2, -0.15) is 0 Å². The summed E-state index contributed by atoms with van der Waals surface area (Å²) in [7, 11) is 0. The molecule has 1 N–H and O–H groups in total. The summed E-state index contributed by atoms with van der Waals surface area (Å²) in [6.07, 6.45) is 14.8. The number of aromatic nitrogens is 1. The summed E-state index contributed by atoms with van der Waals surface area (Å²) in [6, 6.07) is 0. The molecule has 33 heavy (non-hydrogen) atoms. The van der Waals surface area contributed by atoms with Gasteiger partial charge in [-0.3, -0.25) is 10.2 Å². The molecular weight excluding hydrogens is 430 g/mol. The molecule has 6 heteroatoms. The Bertz CT molecular complexity index is 967. The first-order valence-electron chi connectivity index (χ1n) is 13.3. The molecule has 4 aliphatic carbocycles. The van der Waals surface area contributed by atoms with E-state index in [0.717, 1.165) is 42.9 Å². The number of fused-ring (bicyclic) bond motifs is 7. The van der Waals surface area contributed by atoms with Gasteiger partial charge in [0.15, 0.2) is 5.13 Å². The van der Waals surface area contributed by atoms with Gasteiger partial charge in [0.05, 0.1) is 10.6 Å². The van der Waals surface area contributed by atoms with Crippen molar-refractivity contribution in [1.82, 2.24) is 9.99 Å². The van der Waals surface area contributed by atoms with E-state index in [1.54, 1.807) is 12.5 Å². The number of ether oxygens (including phenoxy) is 1. The molecule has 0 spiro atoms. The second kappa shape index (κ2) is 8.08. The quantitative estimate of drug-likeness (QED) is 0.545. The lowest BCUT2D eigenvalue weighted by atomic mass is 9.48.